The van der Waals surface area contributed by atoms with Crippen LogP contribution in [-0.4, -0.2) is 74.4 Å². The number of hydrogen-bond acceptors (Lipinski definition) is 4. The molecule has 4 rings (SSSR count). The highest BCUT2D eigenvalue weighted by molar-refractivity contribution is 7.89. The first-order chi connectivity index (χ1) is 12.5. The van der Waals surface area contributed by atoms with Crippen molar-refractivity contribution in [3.8, 4) is 0 Å². The number of nitrogens with zero attached hydrogens (tertiary/aromatic N) is 3. The summed E-state index contributed by atoms with van der Waals surface area (Å²) in [6, 6.07) is 9.58. The van der Waals surface area contributed by atoms with Crippen LogP contribution in [0.2, 0.25) is 0 Å². The van der Waals surface area contributed by atoms with E-state index in [9.17, 15) is 8.42 Å². The van der Waals surface area contributed by atoms with Crippen molar-refractivity contribution in [1.82, 2.24) is 14.1 Å². The van der Waals surface area contributed by atoms with Crippen LogP contribution < -0.4 is 0 Å². The molecule has 3 saturated heterocycles. The molecule has 0 N–H and O–H groups in total. The molecule has 3 aliphatic heterocycles. The average Bonchev–Trinajstić information content (AvgIpc) is 3.09. The lowest BCUT2D eigenvalue weighted by molar-refractivity contribution is -0.0389. The number of likely N-dealkylation sites (tertiary alicyclic amines) is 2. The summed E-state index contributed by atoms with van der Waals surface area (Å²) in [5.74, 6) is 0. The molecule has 5 nitrogen and oxygen atoms in total. The maximum Gasteiger partial charge on any atom is 0.243 e. The molecular formula is C20H31N3O2S. The van der Waals surface area contributed by atoms with Crippen LogP contribution in [0.1, 0.15) is 32.6 Å². The van der Waals surface area contributed by atoms with Crippen molar-refractivity contribution in [2.45, 2.75) is 43.5 Å². The fraction of sp³-hybridized carbons (Fsp3) is 0.700. The summed E-state index contributed by atoms with van der Waals surface area (Å²) in [4.78, 5) is 5.62. The summed E-state index contributed by atoms with van der Waals surface area (Å²) in [7, 11) is -3.33. The van der Waals surface area contributed by atoms with Gasteiger partial charge in [0.1, 0.15) is 0 Å². The van der Waals surface area contributed by atoms with Crippen molar-refractivity contribution >= 4 is 10.0 Å². The third kappa shape index (κ3) is 3.44. The zero-order valence-electron chi connectivity index (χ0n) is 15.8. The topological polar surface area (TPSA) is 43.9 Å². The Balaban J connectivity index is 1.32. The van der Waals surface area contributed by atoms with E-state index >= 15 is 0 Å². The summed E-state index contributed by atoms with van der Waals surface area (Å²) in [5.41, 5.74) is 0.197. The number of piperidine rings is 1. The van der Waals surface area contributed by atoms with E-state index in [2.05, 4.69) is 16.7 Å². The second-order valence-corrected chi connectivity index (χ2v) is 10.3. The largest absolute Gasteiger partial charge is 0.303 e. The Morgan fingerprint density at radius 2 is 1.73 bits per heavy atom. The number of sulfonamides is 1. The summed E-state index contributed by atoms with van der Waals surface area (Å²) >= 11 is 0. The highest BCUT2D eigenvalue weighted by atomic mass is 32.2. The van der Waals surface area contributed by atoms with Crippen molar-refractivity contribution in [2.24, 2.45) is 5.41 Å². The van der Waals surface area contributed by atoms with Crippen molar-refractivity contribution in [3.05, 3.63) is 30.3 Å². The van der Waals surface area contributed by atoms with Gasteiger partial charge in [-0.05, 0) is 57.5 Å². The highest BCUT2D eigenvalue weighted by Gasteiger charge is 2.51. The Morgan fingerprint density at radius 1 is 1.04 bits per heavy atom. The molecule has 0 radical (unpaired) electrons. The quantitative estimate of drug-likeness (QED) is 0.790. The second kappa shape index (κ2) is 7.23. The van der Waals surface area contributed by atoms with E-state index in [1.165, 1.54) is 38.9 Å². The zero-order valence-corrected chi connectivity index (χ0v) is 16.6. The van der Waals surface area contributed by atoms with E-state index in [-0.39, 0.29) is 5.41 Å². The van der Waals surface area contributed by atoms with Gasteiger partial charge in [0, 0.05) is 37.6 Å². The third-order valence-corrected chi connectivity index (χ3v) is 8.33. The Bertz CT molecular complexity index is 708. The molecule has 3 fully saturated rings. The van der Waals surface area contributed by atoms with Gasteiger partial charge in [0.25, 0.3) is 0 Å². The smallest absolute Gasteiger partial charge is 0.243 e. The maximum absolute atomic E-state index is 12.8. The monoisotopic (exact) mass is 377 g/mol. The van der Waals surface area contributed by atoms with Gasteiger partial charge in [-0.25, -0.2) is 8.42 Å². The van der Waals surface area contributed by atoms with Gasteiger partial charge in [-0.3, -0.25) is 4.90 Å². The normalized spacial score (nSPS) is 25.6. The van der Waals surface area contributed by atoms with Gasteiger partial charge in [0.05, 0.1) is 4.90 Å². The van der Waals surface area contributed by atoms with E-state index in [1.54, 1.807) is 28.6 Å². The van der Waals surface area contributed by atoms with Crippen LogP contribution in [0, 0.1) is 5.41 Å². The Hall–Kier alpha value is -0.950. The summed E-state index contributed by atoms with van der Waals surface area (Å²) in [5, 5.41) is 0. The lowest BCUT2D eigenvalue weighted by Crippen LogP contribution is -2.62. The van der Waals surface area contributed by atoms with Crippen molar-refractivity contribution in [3.63, 3.8) is 0 Å². The molecule has 0 amide bonds. The van der Waals surface area contributed by atoms with Crippen molar-refractivity contribution in [2.75, 3.05) is 45.8 Å². The van der Waals surface area contributed by atoms with Crippen molar-refractivity contribution in [1.29, 1.82) is 0 Å². The van der Waals surface area contributed by atoms with Crippen LogP contribution >= 0.6 is 0 Å². The lowest BCUT2D eigenvalue weighted by atomic mass is 9.77. The molecule has 0 saturated carbocycles. The molecule has 1 spiro atoms. The van der Waals surface area contributed by atoms with Crippen LogP contribution in [0.25, 0.3) is 0 Å². The molecule has 0 aliphatic carbocycles. The fourth-order valence-electron chi connectivity index (χ4n) is 5.00. The first kappa shape index (κ1) is 18.4. The summed E-state index contributed by atoms with van der Waals surface area (Å²) < 4.78 is 27.4. The van der Waals surface area contributed by atoms with Crippen LogP contribution in [0.15, 0.2) is 35.2 Å². The van der Waals surface area contributed by atoms with Gasteiger partial charge in [0.15, 0.2) is 0 Å². The first-order valence-electron chi connectivity index (χ1n) is 10.0. The van der Waals surface area contributed by atoms with Gasteiger partial charge in [-0.15, -0.1) is 0 Å². The molecule has 3 heterocycles. The Morgan fingerprint density at radius 3 is 2.38 bits per heavy atom. The predicted molar refractivity (Wildman–Crippen MR) is 104 cm³/mol. The Labute approximate surface area is 158 Å². The number of rotatable bonds is 5. The number of hydrogen-bond donors (Lipinski definition) is 0. The molecular weight excluding hydrogens is 346 g/mol. The van der Waals surface area contributed by atoms with Gasteiger partial charge in [-0.2, -0.15) is 4.31 Å². The van der Waals surface area contributed by atoms with Crippen LogP contribution in [0.4, 0.5) is 0 Å². The first-order valence-corrected chi connectivity index (χ1v) is 11.5. The molecule has 0 unspecified atom stereocenters. The standard InChI is InChI=1S/C20H31N3O2S/c1-2-11-21-12-8-18(9-13-21)22-15-20(16-22)10-14-23(17-20)26(24,25)19-6-4-3-5-7-19/h3-7,18H,2,8-17H2,1H3. The summed E-state index contributed by atoms with van der Waals surface area (Å²) in [6.45, 7) is 9.42. The van der Waals surface area contributed by atoms with Crippen LogP contribution in [0.5, 0.6) is 0 Å². The minimum absolute atomic E-state index is 0.197. The minimum atomic E-state index is -3.33. The molecule has 0 aromatic heterocycles. The Kier molecular flexibility index (Phi) is 5.12. The SMILES string of the molecule is CCCN1CCC(N2CC3(CCN(S(=O)(=O)c4ccccc4)C3)C2)CC1. The minimum Gasteiger partial charge on any atom is -0.303 e. The average molecular weight is 378 g/mol. The third-order valence-electron chi connectivity index (χ3n) is 6.47. The molecule has 26 heavy (non-hydrogen) atoms. The molecule has 6 heteroatoms. The van der Waals surface area contributed by atoms with Gasteiger partial charge < -0.3 is 4.90 Å². The molecule has 144 valence electrons. The van der Waals surface area contributed by atoms with Gasteiger partial charge in [-0.1, -0.05) is 25.1 Å². The lowest BCUT2D eigenvalue weighted by Gasteiger charge is -2.53. The second-order valence-electron chi connectivity index (χ2n) is 8.38. The van der Waals surface area contributed by atoms with E-state index in [4.69, 9.17) is 0 Å². The fourth-order valence-corrected chi connectivity index (χ4v) is 6.57. The van der Waals surface area contributed by atoms with E-state index in [0.29, 0.717) is 24.0 Å². The predicted octanol–water partition coefficient (Wildman–Crippen LogP) is 2.26. The zero-order chi connectivity index (χ0) is 18.2. The summed E-state index contributed by atoms with van der Waals surface area (Å²) in [6.07, 6.45) is 4.78. The molecule has 1 aromatic carbocycles. The van der Waals surface area contributed by atoms with Gasteiger partial charge in [0.2, 0.25) is 10.0 Å². The molecule has 1 aromatic rings. The van der Waals surface area contributed by atoms with E-state index in [0.717, 1.165) is 19.5 Å². The molecule has 0 bridgehead atoms. The van der Waals surface area contributed by atoms with Crippen LogP contribution in [0.3, 0.4) is 0 Å². The van der Waals surface area contributed by atoms with Crippen LogP contribution in [-0.2, 0) is 10.0 Å². The highest BCUT2D eigenvalue weighted by Crippen LogP contribution is 2.43. The van der Waals surface area contributed by atoms with E-state index < -0.39 is 10.0 Å². The number of benzene rings is 1. The van der Waals surface area contributed by atoms with E-state index in [1.807, 2.05) is 6.07 Å². The maximum atomic E-state index is 12.8. The van der Waals surface area contributed by atoms with Gasteiger partial charge >= 0.3 is 0 Å². The molecule has 0 atom stereocenters. The molecule has 3 aliphatic rings. The van der Waals surface area contributed by atoms with Crippen molar-refractivity contribution < 1.29 is 8.42 Å².